The molecule has 0 aliphatic rings. The summed E-state index contributed by atoms with van der Waals surface area (Å²) in [6, 6.07) is -0.591. The normalized spacial score (nSPS) is 13.0. The van der Waals surface area contributed by atoms with Crippen LogP contribution >= 0.6 is 0 Å². The van der Waals surface area contributed by atoms with Crippen molar-refractivity contribution in [3.8, 4) is 0 Å². The van der Waals surface area contributed by atoms with Gasteiger partial charge in [0.1, 0.15) is 0 Å². The summed E-state index contributed by atoms with van der Waals surface area (Å²) in [5.74, 6) is 0. The van der Waals surface area contributed by atoms with Crippen LogP contribution in [-0.4, -0.2) is 24.1 Å². The molecule has 0 aromatic heterocycles. The molecule has 0 fully saturated rings. The van der Waals surface area contributed by atoms with Crippen LogP contribution in [0.4, 0.5) is 0 Å². The van der Waals surface area contributed by atoms with E-state index in [4.69, 9.17) is 4.84 Å². The molecule has 1 unspecified atom stereocenters. The van der Waals surface area contributed by atoms with Crippen molar-refractivity contribution in [2.24, 2.45) is 0 Å². The van der Waals surface area contributed by atoms with Crippen LogP contribution in [-0.2, 0) is 4.84 Å². The Balaban J connectivity index is 3.21. The standard InChI is InChI=1S/C5H12N2O3/c1-3-10-6-4-5(2)7(8)9/h5-6H,3-4H2,1-2H3. The minimum atomic E-state index is -0.591. The molecule has 0 aliphatic carbocycles. The molecule has 0 radical (unpaired) electrons. The summed E-state index contributed by atoms with van der Waals surface area (Å²) in [7, 11) is 0. The van der Waals surface area contributed by atoms with E-state index in [1.807, 2.05) is 6.92 Å². The van der Waals surface area contributed by atoms with Crippen molar-refractivity contribution >= 4 is 0 Å². The lowest BCUT2D eigenvalue weighted by Crippen LogP contribution is -2.30. The van der Waals surface area contributed by atoms with Gasteiger partial charge in [0, 0.05) is 11.8 Å². The molecule has 0 saturated carbocycles. The molecule has 0 heterocycles. The molecule has 1 N–H and O–H groups in total. The van der Waals surface area contributed by atoms with E-state index in [0.29, 0.717) is 6.61 Å². The van der Waals surface area contributed by atoms with E-state index in [1.165, 1.54) is 6.92 Å². The van der Waals surface area contributed by atoms with Gasteiger partial charge in [-0.15, -0.1) is 0 Å². The number of nitrogens with zero attached hydrogens (tertiary/aromatic N) is 1. The highest BCUT2D eigenvalue weighted by molar-refractivity contribution is 4.46. The molecule has 0 aromatic carbocycles. The van der Waals surface area contributed by atoms with Gasteiger partial charge in [-0.2, -0.15) is 5.48 Å². The van der Waals surface area contributed by atoms with Crippen molar-refractivity contribution in [3.63, 3.8) is 0 Å². The third kappa shape index (κ3) is 4.22. The molecule has 0 saturated heterocycles. The van der Waals surface area contributed by atoms with Gasteiger partial charge in [-0.25, -0.2) is 0 Å². The first-order valence-corrected chi connectivity index (χ1v) is 3.16. The third-order valence-electron chi connectivity index (χ3n) is 0.985. The molecular formula is C5H12N2O3. The van der Waals surface area contributed by atoms with E-state index >= 15 is 0 Å². The molecular weight excluding hydrogens is 136 g/mol. The Morgan fingerprint density at radius 3 is 2.80 bits per heavy atom. The van der Waals surface area contributed by atoms with E-state index in [1.54, 1.807) is 0 Å². The maximum atomic E-state index is 10.0. The fraction of sp³-hybridized carbons (Fsp3) is 1.00. The molecule has 0 bridgehead atoms. The van der Waals surface area contributed by atoms with E-state index in [-0.39, 0.29) is 11.5 Å². The van der Waals surface area contributed by atoms with Gasteiger partial charge in [0.05, 0.1) is 13.2 Å². The average Bonchev–Trinajstić information content (AvgIpc) is 1.88. The number of hydrogen-bond donors (Lipinski definition) is 1. The number of hydroxylamine groups is 1. The van der Waals surface area contributed by atoms with Gasteiger partial charge in [0.15, 0.2) is 0 Å². The summed E-state index contributed by atoms with van der Waals surface area (Å²) in [6.45, 7) is 4.10. The zero-order valence-electron chi connectivity index (χ0n) is 6.16. The smallest absolute Gasteiger partial charge is 0.224 e. The van der Waals surface area contributed by atoms with E-state index in [0.717, 1.165) is 0 Å². The summed E-state index contributed by atoms with van der Waals surface area (Å²) in [6.07, 6.45) is 0. The van der Waals surface area contributed by atoms with Crippen LogP contribution < -0.4 is 5.48 Å². The lowest BCUT2D eigenvalue weighted by molar-refractivity contribution is -0.517. The highest BCUT2D eigenvalue weighted by Crippen LogP contribution is 1.83. The molecule has 0 aliphatic heterocycles. The van der Waals surface area contributed by atoms with Crippen LogP contribution in [0.1, 0.15) is 13.8 Å². The Bertz CT molecular complexity index is 107. The minimum Gasteiger partial charge on any atom is -0.302 e. The summed E-state index contributed by atoms with van der Waals surface area (Å²) < 4.78 is 0. The van der Waals surface area contributed by atoms with Crippen molar-refractivity contribution in [1.29, 1.82) is 0 Å². The summed E-state index contributed by atoms with van der Waals surface area (Å²) in [4.78, 5) is 14.3. The largest absolute Gasteiger partial charge is 0.302 e. The summed E-state index contributed by atoms with van der Waals surface area (Å²) in [5.41, 5.74) is 2.47. The monoisotopic (exact) mass is 148 g/mol. The van der Waals surface area contributed by atoms with Crippen molar-refractivity contribution in [1.82, 2.24) is 5.48 Å². The van der Waals surface area contributed by atoms with Crippen molar-refractivity contribution in [3.05, 3.63) is 10.1 Å². The summed E-state index contributed by atoms with van der Waals surface area (Å²) in [5, 5.41) is 10.0. The lowest BCUT2D eigenvalue weighted by Gasteiger charge is -2.03. The molecule has 10 heavy (non-hydrogen) atoms. The molecule has 0 rings (SSSR count). The van der Waals surface area contributed by atoms with Crippen LogP contribution in [0.2, 0.25) is 0 Å². The predicted octanol–water partition coefficient (Wildman–Crippen LogP) is 0.193. The third-order valence-corrected chi connectivity index (χ3v) is 0.985. The highest BCUT2D eigenvalue weighted by atomic mass is 16.6. The topological polar surface area (TPSA) is 64.4 Å². The zero-order chi connectivity index (χ0) is 7.98. The van der Waals surface area contributed by atoms with Gasteiger partial charge in [-0.05, 0) is 6.92 Å². The number of hydrogen-bond acceptors (Lipinski definition) is 4. The van der Waals surface area contributed by atoms with Gasteiger partial charge in [0.2, 0.25) is 6.04 Å². The van der Waals surface area contributed by atoms with Crippen LogP contribution in [0.5, 0.6) is 0 Å². The van der Waals surface area contributed by atoms with Crippen molar-refractivity contribution in [2.75, 3.05) is 13.2 Å². The molecule has 5 heteroatoms. The first kappa shape index (κ1) is 9.32. The second kappa shape index (κ2) is 5.13. The van der Waals surface area contributed by atoms with Crippen molar-refractivity contribution in [2.45, 2.75) is 19.9 Å². The Kier molecular flexibility index (Phi) is 4.78. The molecule has 5 nitrogen and oxygen atoms in total. The van der Waals surface area contributed by atoms with Crippen LogP contribution in [0.25, 0.3) is 0 Å². The molecule has 0 aromatic rings. The van der Waals surface area contributed by atoms with Gasteiger partial charge in [0.25, 0.3) is 0 Å². The second-order valence-corrected chi connectivity index (χ2v) is 1.92. The minimum absolute atomic E-state index is 0.251. The van der Waals surface area contributed by atoms with Gasteiger partial charge in [-0.1, -0.05) is 0 Å². The highest BCUT2D eigenvalue weighted by Gasteiger charge is 2.10. The number of rotatable bonds is 5. The Morgan fingerprint density at radius 1 is 1.80 bits per heavy atom. The van der Waals surface area contributed by atoms with Crippen LogP contribution in [0, 0.1) is 10.1 Å². The Hall–Kier alpha value is -0.680. The van der Waals surface area contributed by atoms with E-state index in [9.17, 15) is 10.1 Å². The van der Waals surface area contributed by atoms with E-state index < -0.39 is 6.04 Å². The van der Waals surface area contributed by atoms with Crippen molar-refractivity contribution < 1.29 is 9.76 Å². The summed E-state index contributed by atoms with van der Waals surface area (Å²) >= 11 is 0. The lowest BCUT2D eigenvalue weighted by atomic mass is 10.4. The van der Waals surface area contributed by atoms with Gasteiger partial charge >= 0.3 is 0 Å². The fourth-order valence-electron chi connectivity index (χ4n) is 0.356. The maximum absolute atomic E-state index is 10.0. The van der Waals surface area contributed by atoms with Gasteiger partial charge < -0.3 is 4.84 Å². The first-order valence-electron chi connectivity index (χ1n) is 3.16. The first-order chi connectivity index (χ1) is 4.68. The fourth-order valence-corrected chi connectivity index (χ4v) is 0.356. The molecule has 0 amide bonds. The quantitative estimate of drug-likeness (QED) is 0.343. The number of nitro groups is 1. The van der Waals surface area contributed by atoms with E-state index in [2.05, 4.69) is 5.48 Å². The van der Waals surface area contributed by atoms with Crippen LogP contribution in [0.3, 0.4) is 0 Å². The Labute approximate surface area is 59.5 Å². The van der Waals surface area contributed by atoms with Crippen LogP contribution in [0.15, 0.2) is 0 Å². The molecule has 60 valence electrons. The molecule has 1 atom stereocenters. The SMILES string of the molecule is CCONCC(C)[N+](=O)[O-]. The van der Waals surface area contributed by atoms with Gasteiger partial charge in [-0.3, -0.25) is 10.1 Å². The average molecular weight is 148 g/mol. The predicted molar refractivity (Wildman–Crippen MR) is 36.1 cm³/mol. The molecule has 0 spiro atoms. The Morgan fingerprint density at radius 2 is 2.40 bits per heavy atom. The number of nitrogens with one attached hydrogen (secondary N) is 1. The maximum Gasteiger partial charge on any atom is 0.224 e. The second-order valence-electron chi connectivity index (χ2n) is 1.92. The zero-order valence-corrected chi connectivity index (χ0v) is 6.16.